The third-order valence-electron chi connectivity index (χ3n) is 9.36. The molecule has 0 radical (unpaired) electrons. The van der Waals surface area contributed by atoms with Gasteiger partial charge in [-0.15, -0.1) is 0 Å². The second-order valence-corrected chi connectivity index (χ2v) is 13.8. The van der Waals surface area contributed by atoms with Crippen LogP contribution >= 0.6 is 0 Å². The molecular weight excluding hydrogens is 588 g/mol. The van der Waals surface area contributed by atoms with Gasteiger partial charge in [-0.05, 0) is 62.5 Å². The van der Waals surface area contributed by atoms with Crippen molar-refractivity contribution in [1.82, 2.24) is 10.8 Å². The van der Waals surface area contributed by atoms with Crippen molar-refractivity contribution < 1.29 is 38.0 Å². The highest BCUT2D eigenvalue weighted by Gasteiger charge is 2.83. The highest BCUT2D eigenvalue weighted by Crippen LogP contribution is 2.76. The fourth-order valence-electron chi connectivity index (χ4n) is 6.97. The summed E-state index contributed by atoms with van der Waals surface area (Å²) in [6.45, 7) is 10.2. The van der Waals surface area contributed by atoms with E-state index < -0.39 is 57.5 Å². The summed E-state index contributed by atoms with van der Waals surface area (Å²) < 4.78 is 39.2. The van der Waals surface area contributed by atoms with Crippen LogP contribution in [0.5, 0.6) is 0 Å². The van der Waals surface area contributed by atoms with Gasteiger partial charge in [-0.3, -0.25) is 19.7 Å². The number of nitrogens with one attached hydrogen (secondary N) is 2. The molecule has 2 saturated carbocycles. The van der Waals surface area contributed by atoms with Gasteiger partial charge in [-0.1, -0.05) is 63.2 Å². The van der Waals surface area contributed by atoms with Crippen molar-refractivity contribution in [3.8, 4) is 0 Å². The van der Waals surface area contributed by atoms with E-state index in [0.717, 1.165) is 0 Å². The zero-order chi connectivity index (χ0) is 33.4. The van der Waals surface area contributed by atoms with Gasteiger partial charge < -0.3 is 15.2 Å². The molecule has 246 valence electrons. The normalized spacial score (nSPS) is 24.6. The lowest BCUT2D eigenvalue weighted by Crippen LogP contribution is -2.65. The van der Waals surface area contributed by atoms with E-state index in [2.05, 4.69) is 10.8 Å². The minimum atomic E-state index is -4.01. The molecule has 2 aromatic carbocycles. The van der Waals surface area contributed by atoms with Gasteiger partial charge in [0.05, 0.1) is 22.0 Å². The zero-order valence-electron chi connectivity index (χ0n) is 26.5. The molecule has 0 aromatic heterocycles. The van der Waals surface area contributed by atoms with Gasteiger partial charge in [0, 0.05) is 18.1 Å². The van der Waals surface area contributed by atoms with Crippen molar-refractivity contribution >= 4 is 17.6 Å². The van der Waals surface area contributed by atoms with E-state index in [1.165, 1.54) is 24.3 Å². The van der Waals surface area contributed by atoms with Gasteiger partial charge in [-0.25, -0.2) is 13.6 Å². The summed E-state index contributed by atoms with van der Waals surface area (Å²) in [7, 11) is 0. The average Bonchev–Trinajstić information content (AvgIpc) is 3.48. The number of carbonyl (C=O) groups is 2. The SMILES string of the molecule is CC1CCC2C(C)(C)C2(C(NOC(C)(C)C)C(F)(F)C(O)C(Cc2ccc([N+](=O)[O-])cc2)NC(=O)OCc2ccccc2)C1=O. The number of halogens is 2. The maximum absolute atomic E-state index is 17.0. The predicted molar refractivity (Wildman–Crippen MR) is 162 cm³/mol. The maximum Gasteiger partial charge on any atom is 0.407 e. The van der Waals surface area contributed by atoms with Gasteiger partial charge in [0.15, 0.2) is 0 Å². The first kappa shape index (κ1) is 34.4. The standard InChI is InChI=1S/C33H43F2N3O7/c1-20-12-17-25-31(5,6)32(25,26(20)39)28(37-45-30(2,3)4)33(34,35)27(40)24(18-21-13-15-23(16-14-21)38(42)43)36-29(41)44-19-22-10-8-7-9-11-22/h7-11,13-16,20,24-25,27-28,37,40H,12,17-19H2,1-6H3,(H,36,41). The highest BCUT2D eigenvalue weighted by molar-refractivity contribution is 5.93. The molecule has 6 atom stereocenters. The van der Waals surface area contributed by atoms with Crippen LogP contribution in [0, 0.1) is 32.8 Å². The van der Waals surface area contributed by atoms with Crippen molar-refractivity contribution in [2.24, 2.45) is 22.7 Å². The molecule has 2 fully saturated rings. The number of hydroxylamine groups is 1. The smallest absolute Gasteiger partial charge is 0.407 e. The van der Waals surface area contributed by atoms with Crippen molar-refractivity contribution in [1.29, 1.82) is 0 Å². The van der Waals surface area contributed by atoms with Crippen LogP contribution in [0.4, 0.5) is 19.3 Å². The Morgan fingerprint density at radius 2 is 1.71 bits per heavy atom. The Morgan fingerprint density at radius 1 is 1.09 bits per heavy atom. The molecule has 0 saturated heterocycles. The molecule has 3 N–H and O–H groups in total. The molecular formula is C33H43F2N3O7. The number of nitrogens with zero attached hydrogens (tertiary/aromatic N) is 1. The lowest BCUT2D eigenvalue weighted by molar-refractivity contribution is -0.384. The Morgan fingerprint density at radius 3 is 2.29 bits per heavy atom. The van der Waals surface area contributed by atoms with Gasteiger partial charge in [0.1, 0.15) is 24.5 Å². The van der Waals surface area contributed by atoms with Crippen LogP contribution < -0.4 is 10.8 Å². The van der Waals surface area contributed by atoms with E-state index >= 15 is 8.78 Å². The minimum absolute atomic E-state index is 0.140. The van der Waals surface area contributed by atoms with Gasteiger partial charge in [0.25, 0.3) is 11.6 Å². The lowest BCUT2D eigenvalue weighted by atomic mass is 9.71. The molecule has 0 bridgehead atoms. The molecule has 1 amide bonds. The Kier molecular flexibility index (Phi) is 9.73. The second kappa shape index (κ2) is 12.7. The fraction of sp³-hybridized carbons (Fsp3) is 0.576. The van der Waals surface area contributed by atoms with Gasteiger partial charge >= 0.3 is 6.09 Å². The van der Waals surface area contributed by atoms with E-state index in [1.54, 1.807) is 71.9 Å². The number of hydrogen-bond acceptors (Lipinski definition) is 8. The first-order chi connectivity index (χ1) is 20.9. The lowest BCUT2D eigenvalue weighted by Gasteiger charge is -2.42. The van der Waals surface area contributed by atoms with Crippen LogP contribution in [0.3, 0.4) is 0 Å². The summed E-state index contributed by atoms with van der Waals surface area (Å²) in [4.78, 5) is 43.0. The maximum atomic E-state index is 17.0. The van der Waals surface area contributed by atoms with Crippen molar-refractivity contribution in [2.45, 2.75) is 97.1 Å². The van der Waals surface area contributed by atoms with Crippen LogP contribution in [0.2, 0.25) is 0 Å². The summed E-state index contributed by atoms with van der Waals surface area (Å²) in [6, 6.07) is 10.4. The third kappa shape index (κ3) is 6.87. The summed E-state index contributed by atoms with van der Waals surface area (Å²) in [5, 5.41) is 25.1. The number of aliphatic hydroxyl groups is 1. The molecule has 2 aliphatic rings. The summed E-state index contributed by atoms with van der Waals surface area (Å²) in [5.41, 5.74) is 0.0840. The molecule has 2 aliphatic carbocycles. The molecule has 0 heterocycles. The number of non-ortho nitro benzene ring substituents is 1. The van der Waals surface area contributed by atoms with Gasteiger partial charge in [0.2, 0.25) is 0 Å². The number of Topliss-reactive ketones (excluding diaryl/α,β-unsaturated/α-hetero) is 1. The van der Waals surface area contributed by atoms with Crippen LogP contribution in [0.25, 0.3) is 0 Å². The number of fused-ring (bicyclic) bond motifs is 1. The van der Waals surface area contributed by atoms with Crippen molar-refractivity contribution in [3.63, 3.8) is 0 Å². The van der Waals surface area contributed by atoms with Crippen LogP contribution in [-0.2, 0) is 27.4 Å². The topological polar surface area (TPSA) is 140 Å². The monoisotopic (exact) mass is 631 g/mol. The number of benzene rings is 2. The molecule has 0 aliphatic heterocycles. The molecule has 4 rings (SSSR count). The predicted octanol–water partition coefficient (Wildman–Crippen LogP) is 5.76. The average molecular weight is 632 g/mol. The highest BCUT2D eigenvalue weighted by atomic mass is 19.3. The molecule has 2 aromatic rings. The van der Waals surface area contributed by atoms with Crippen molar-refractivity contribution in [3.05, 3.63) is 75.8 Å². The number of aliphatic hydroxyl groups excluding tert-OH is 1. The summed E-state index contributed by atoms with van der Waals surface area (Å²) in [6.07, 6.45) is -2.73. The zero-order valence-corrected chi connectivity index (χ0v) is 26.5. The Bertz CT molecular complexity index is 1380. The number of carbonyl (C=O) groups excluding carboxylic acids is 2. The number of ketones is 1. The first-order valence-electron chi connectivity index (χ1n) is 15.2. The number of alkyl carbamates (subject to hydrolysis) is 1. The fourth-order valence-corrected chi connectivity index (χ4v) is 6.97. The second-order valence-electron chi connectivity index (χ2n) is 13.8. The Labute approximate surface area is 262 Å². The number of hydrogen-bond donors (Lipinski definition) is 3. The summed E-state index contributed by atoms with van der Waals surface area (Å²) in [5.74, 6) is -5.16. The number of amides is 1. The van der Waals surface area contributed by atoms with E-state index in [-0.39, 0.29) is 30.4 Å². The molecule has 12 heteroatoms. The Hall–Kier alpha value is -3.48. The van der Waals surface area contributed by atoms with Crippen LogP contribution in [-0.4, -0.2) is 51.6 Å². The van der Waals surface area contributed by atoms with Crippen LogP contribution in [0.15, 0.2) is 54.6 Å². The molecule has 0 spiro atoms. The first-order valence-corrected chi connectivity index (χ1v) is 15.2. The molecule has 45 heavy (non-hydrogen) atoms. The molecule has 10 nitrogen and oxygen atoms in total. The molecule has 6 unspecified atom stereocenters. The third-order valence-corrected chi connectivity index (χ3v) is 9.36. The van der Waals surface area contributed by atoms with Gasteiger partial charge in [-0.2, -0.15) is 5.48 Å². The van der Waals surface area contributed by atoms with E-state index in [0.29, 0.717) is 24.0 Å². The largest absolute Gasteiger partial charge is 0.445 e. The van der Waals surface area contributed by atoms with Crippen molar-refractivity contribution in [2.75, 3.05) is 0 Å². The van der Waals surface area contributed by atoms with E-state index in [9.17, 15) is 24.8 Å². The van der Waals surface area contributed by atoms with Crippen LogP contribution in [0.1, 0.15) is 65.5 Å². The van der Waals surface area contributed by atoms with E-state index in [4.69, 9.17) is 9.57 Å². The number of nitro benzene ring substituents is 1. The number of nitro groups is 1. The minimum Gasteiger partial charge on any atom is -0.445 e. The Balaban J connectivity index is 1.68. The number of alkyl halides is 2. The summed E-state index contributed by atoms with van der Waals surface area (Å²) >= 11 is 0. The number of ether oxygens (including phenoxy) is 1. The number of rotatable bonds is 12. The van der Waals surface area contributed by atoms with E-state index in [1.807, 2.05) is 0 Å². The quantitative estimate of drug-likeness (QED) is 0.199.